The second-order valence-electron chi connectivity index (χ2n) is 5.03. The molecule has 2 rings (SSSR count). The first-order valence-corrected chi connectivity index (χ1v) is 7.36. The maximum absolute atomic E-state index is 12.3. The summed E-state index contributed by atoms with van der Waals surface area (Å²) in [7, 11) is 0. The molecule has 0 fully saturated rings. The number of aromatic nitrogens is 2. The highest BCUT2D eigenvalue weighted by Gasteiger charge is 2.26. The third-order valence-corrected chi connectivity index (χ3v) is 4.21. The number of aliphatic carboxylic acids is 1. The van der Waals surface area contributed by atoms with Crippen LogP contribution in [0.4, 0.5) is 0 Å². The first-order chi connectivity index (χ1) is 9.90. The Morgan fingerprint density at radius 3 is 2.48 bits per heavy atom. The Labute approximate surface area is 126 Å². The minimum absolute atomic E-state index is 0.191. The molecule has 0 unspecified atom stereocenters. The number of aryl methyl sites for hydroxylation is 1. The van der Waals surface area contributed by atoms with E-state index < -0.39 is 17.9 Å². The molecule has 0 aliphatic rings. The van der Waals surface area contributed by atoms with E-state index in [1.807, 2.05) is 29.1 Å². The zero-order chi connectivity index (χ0) is 15.6. The fourth-order valence-electron chi connectivity index (χ4n) is 1.89. The Bertz CT molecular complexity index is 646. The minimum atomic E-state index is -1.04. The monoisotopic (exact) mass is 307 g/mol. The van der Waals surface area contributed by atoms with Gasteiger partial charge in [0, 0.05) is 12.4 Å². The van der Waals surface area contributed by atoms with Crippen molar-refractivity contribution in [3.63, 3.8) is 0 Å². The zero-order valence-corrected chi connectivity index (χ0v) is 12.8. The van der Waals surface area contributed by atoms with E-state index >= 15 is 0 Å². The van der Waals surface area contributed by atoms with Crippen molar-refractivity contribution in [3.8, 4) is 5.13 Å². The van der Waals surface area contributed by atoms with Crippen LogP contribution in [0.1, 0.15) is 29.2 Å². The van der Waals surface area contributed by atoms with E-state index in [1.165, 1.54) is 11.3 Å². The molecule has 2 N–H and O–H groups in total. The van der Waals surface area contributed by atoms with Crippen LogP contribution in [0.25, 0.3) is 5.13 Å². The van der Waals surface area contributed by atoms with E-state index in [4.69, 9.17) is 5.11 Å². The second kappa shape index (κ2) is 6.09. The number of carboxylic acid groups (broad SMARTS) is 1. The highest BCUT2D eigenvalue weighted by atomic mass is 32.1. The van der Waals surface area contributed by atoms with Gasteiger partial charge in [-0.1, -0.05) is 25.2 Å². The van der Waals surface area contributed by atoms with E-state index in [0.717, 1.165) is 0 Å². The van der Waals surface area contributed by atoms with Gasteiger partial charge in [0.25, 0.3) is 5.91 Å². The van der Waals surface area contributed by atoms with Gasteiger partial charge in [0.1, 0.15) is 10.9 Å². The van der Waals surface area contributed by atoms with Gasteiger partial charge < -0.3 is 15.0 Å². The van der Waals surface area contributed by atoms with Gasteiger partial charge in [-0.25, -0.2) is 9.78 Å². The summed E-state index contributed by atoms with van der Waals surface area (Å²) in [5.74, 6) is -1.63. The topological polar surface area (TPSA) is 84.2 Å². The fraction of sp³-hybridized carbons (Fsp3) is 0.357. The molecular formula is C14H17N3O3S. The smallest absolute Gasteiger partial charge is 0.326 e. The molecule has 0 saturated carbocycles. The van der Waals surface area contributed by atoms with E-state index in [9.17, 15) is 9.59 Å². The lowest BCUT2D eigenvalue weighted by molar-refractivity contribution is -0.140. The van der Waals surface area contributed by atoms with Crippen molar-refractivity contribution in [1.82, 2.24) is 14.9 Å². The Hall–Kier alpha value is -2.15. The van der Waals surface area contributed by atoms with Crippen molar-refractivity contribution in [2.45, 2.75) is 26.8 Å². The van der Waals surface area contributed by atoms with E-state index in [0.29, 0.717) is 15.7 Å². The summed E-state index contributed by atoms with van der Waals surface area (Å²) in [6, 6.07) is 2.83. The summed E-state index contributed by atoms with van der Waals surface area (Å²) >= 11 is 1.24. The van der Waals surface area contributed by atoms with Crippen LogP contribution in [0.5, 0.6) is 0 Å². The van der Waals surface area contributed by atoms with Crippen LogP contribution in [0.3, 0.4) is 0 Å². The van der Waals surface area contributed by atoms with Crippen LogP contribution in [-0.2, 0) is 4.79 Å². The number of carbonyl (C=O) groups is 2. The normalized spacial score (nSPS) is 12.4. The molecular weight excluding hydrogens is 290 g/mol. The molecule has 0 aromatic carbocycles. The Morgan fingerprint density at radius 1 is 1.33 bits per heavy atom. The predicted molar refractivity (Wildman–Crippen MR) is 79.9 cm³/mol. The fourth-order valence-corrected chi connectivity index (χ4v) is 2.82. The van der Waals surface area contributed by atoms with Gasteiger partial charge in [-0.3, -0.25) is 4.79 Å². The largest absolute Gasteiger partial charge is 0.480 e. The molecule has 112 valence electrons. The molecule has 1 amide bonds. The molecule has 0 aliphatic heterocycles. The maximum atomic E-state index is 12.3. The number of rotatable bonds is 5. The lowest BCUT2D eigenvalue weighted by Gasteiger charge is -2.17. The SMILES string of the molecule is Cc1nc(-n2cccc2)sc1C(=O)N[C@H](C(=O)O)C(C)C. The highest BCUT2D eigenvalue weighted by Crippen LogP contribution is 2.22. The van der Waals surface area contributed by atoms with Crippen molar-refractivity contribution in [3.05, 3.63) is 35.1 Å². The molecule has 0 spiro atoms. The number of carbonyl (C=O) groups excluding carboxylic acids is 1. The van der Waals surface area contributed by atoms with Crippen LogP contribution in [0.2, 0.25) is 0 Å². The number of nitrogens with zero attached hydrogens (tertiary/aromatic N) is 2. The number of nitrogens with one attached hydrogen (secondary N) is 1. The summed E-state index contributed by atoms with van der Waals surface area (Å²) in [6.07, 6.45) is 3.68. The third-order valence-electron chi connectivity index (χ3n) is 3.04. The predicted octanol–water partition coefficient (Wildman–Crippen LogP) is 2.08. The number of carboxylic acids is 1. The maximum Gasteiger partial charge on any atom is 0.326 e. The van der Waals surface area contributed by atoms with Gasteiger partial charge in [-0.05, 0) is 25.0 Å². The molecule has 0 radical (unpaired) electrons. The second-order valence-corrected chi connectivity index (χ2v) is 6.01. The van der Waals surface area contributed by atoms with Crippen molar-refractivity contribution < 1.29 is 14.7 Å². The van der Waals surface area contributed by atoms with Crippen molar-refractivity contribution in [1.29, 1.82) is 0 Å². The molecule has 1 atom stereocenters. The van der Waals surface area contributed by atoms with E-state index in [1.54, 1.807) is 20.8 Å². The van der Waals surface area contributed by atoms with E-state index in [-0.39, 0.29) is 5.92 Å². The molecule has 0 saturated heterocycles. The standard InChI is InChI=1S/C14H17N3O3S/c1-8(2)10(13(19)20)16-12(18)11-9(3)15-14(21-11)17-6-4-5-7-17/h4-8,10H,1-3H3,(H,16,18)(H,19,20)/t10-/m0/s1. The summed E-state index contributed by atoms with van der Waals surface area (Å²) in [4.78, 5) is 28.2. The number of thiazole rings is 1. The van der Waals surface area contributed by atoms with Crippen LogP contribution in [0, 0.1) is 12.8 Å². The van der Waals surface area contributed by atoms with Crippen LogP contribution < -0.4 is 5.32 Å². The van der Waals surface area contributed by atoms with Gasteiger partial charge in [0.15, 0.2) is 5.13 Å². The summed E-state index contributed by atoms with van der Waals surface area (Å²) < 4.78 is 1.81. The average molecular weight is 307 g/mol. The molecule has 2 heterocycles. The third kappa shape index (κ3) is 3.30. The van der Waals surface area contributed by atoms with Gasteiger partial charge in [0.05, 0.1) is 5.69 Å². The Morgan fingerprint density at radius 2 is 1.95 bits per heavy atom. The molecule has 2 aromatic rings. The zero-order valence-electron chi connectivity index (χ0n) is 12.0. The van der Waals surface area contributed by atoms with Crippen LogP contribution in [-0.4, -0.2) is 32.6 Å². The first-order valence-electron chi connectivity index (χ1n) is 6.54. The summed E-state index contributed by atoms with van der Waals surface area (Å²) in [6.45, 7) is 5.25. The van der Waals surface area contributed by atoms with Crippen molar-refractivity contribution in [2.24, 2.45) is 5.92 Å². The number of amides is 1. The van der Waals surface area contributed by atoms with Crippen LogP contribution >= 0.6 is 11.3 Å². The molecule has 6 nitrogen and oxygen atoms in total. The first kappa shape index (κ1) is 15.2. The number of hydrogen-bond acceptors (Lipinski definition) is 4. The van der Waals surface area contributed by atoms with Gasteiger partial charge in [-0.15, -0.1) is 0 Å². The Balaban J connectivity index is 2.22. The number of hydrogen-bond donors (Lipinski definition) is 2. The van der Waals surface area contributed by atoms with Gasteiger partial charge >= 0.3 is 5.97 Å². The molecule has 21 heavy (non-hydrogen) atoms. The van der Waals surface area contributed by atoms with E-state index in [2.05, 4.69) is 10.3 Å². The molecule has 7 heteroatoms. The van der Waals surface area contributed by atoms with Crippen LogP contribution in [0.15, 0.2) is 24.5 Å². The summed E-state index contributed by atoms with van der Waals surface area (Å²) in [5.41, 5.74) is 0.592. The molecule has 0 aliphatic carbocycles. The lowest BCUT2D eigenvalue weighted by Crippen LogP contribution is -2.44. The van der Waals surface area contributed by atoms with Crippen molar-refractivity contribution in [2.75, 3.05) is 0 Å². The highest BCUT2D eigenvalue weighted by molar-refractivity contribution is 7.16. The van der Waals surface area contributed by atoms with Gasteiger partial charge in [-0.2, -0.15) is 0 Å². The lowest BCUT2D eigenvalue weighted by atomic mass is 10.0. The quantitative estimate of drug-likeness (QED) is 0.886. The Kier molecular flexibility index (Phi) is 4.42. The molecule has 0 bridgehead atoms. The molecule has 2 aromatic heterocycles. The summed E-state index contributed by atoms with van der Waals surface area (Å²) in [5, 5.41) is 12.4. The average Bonchev–Trinajstić information content (AvgIpc) is 3.03. The van der Waals surface area contributed by atoms with Gasteiger partial charge in [0.2, 0.25) is 0 Å². The minimum Gasteiger partial charge on any atom is -0.480 e. The van der Waals surface area contributed by atoms with Crippen molar-refractivity contribution >= 4 is 23.2 Å².